The number of aryl methyl sites for hydroxylation is 5. The minimum absolute atomic E-state index is 0.0758. The number of nitrogens with one attached hydrogen (secondary N) is 2. The van der Waals surface area contributed by atoms with E-state index in [0.717, 1.165) is 80.7 Å². The van der Waals surface area contributed by atoms with Gasteiger partial charge in [-0.05, 0) is 131 Å². The Kier molecular flexibility index (Phi) is 10.7. The van der Waals surface area contributed by atoms with Gasteiger partial charge in [-0.1, -0.05) is 55.1 Å². The van der Waals surface area contributed by atoms with Crippen LogP contribution in [-0.2, 0) is 25.7 Å². The molecule has 0 spiro atoms. The molecule has 5 aliphatic rings. The summed E-state index contributed by atoms with van der Waals surface area (Å²) in [7, 11) is 2.04. The molecule has 4 aliphatic heterocycles. The summed E-state index contributed by atoms with van der Waals surface area (Å²) in [6.07, 6.45) is 15.1. The van der Waals surface area contributed by atoms with Crippen molar-refractivity contribution in [2.24, 2.45) is 5.10 Å². The lowest BCUT2D eigenvalue weighted by atomic mass is 9.87. The van der Waals surface area contributed by atoms with Gasteiger partial charge < -0.3 is 10.2 Å². The highest BCUT2D eigenvalue weighted by atomic mass is 32.2. The molecule has 2 N–H and O–H groups in total. The van der Waals surface area contributed by atoms with Crippen LogP contribution in [0.4, 0.5) is 4.39 Å². The quantitative estimate of drug-likeness (QED) is 0.245. The van der Waals surface area contributed by atoms with E-state index in [0.29, 0.717) is 11.3 Å². The normalized spacial score (nSPS) is 20.7. The third-order valence-electron chi connectivity index (χ3n) is 11.1. The molecule has 51 heavy (non-hydrogen) atoms. The second kappa shape index (κ2) is 15.3. The Bertz CT molecular complexity index is 1940. The van der Waals surface area contributed by atoms with Gasteiger partial charge in [-0.2, -0.15) is 5.10 Å². The molecule has 0 radical (unpaired) electrons. The molecule has 5 nitrogen and oxygen atoms in total. The molecule has 0 bridgehead atoms. The fourth-order valence-corrected chi connectivity index (χ4v) is 10.1. The van der Waals surface area contributed by atoms with E-state index in [1.54, 1.807) is 12.1 Å². The van der Waals surface area contributed by atoms with Gasteiger partial charge in [-0.3, -0.25) is 10.4 Å². The number of rotatable bonds is 8. The van der Waals surface area contributed by atoms with Crippen molar-refractivity contribution in [1.29, 1.82) is 0 Å². The summed E-state index contributed by atoms with van der Waals surface area (Å²) in [5.74, 6) is -0.0758. The number of halogens is 1. The largest absolute Gasteiger partial charge is 0.363 e. The molecular formula is C44H52FN5S. The van der Waals surface area contributed by atoms with Gasteiger partial charge in [0.25, 0.3) is 0 Å². The molecule has 5 heterocycles. The van der Waals surface area contributed by atoms with Crippen molar-refractivity contribution < 1.29 is 4.39 Å². The molecule has 266 valence electrons. The Labute approximate surface area is 308 Å². The highest BCUT2D eigenvalue weighted by Crippen LogP contribution is 2.55. The van der Waals surface area contributed by atoms with Gasteiger partial charge in [0, 0.05) is 52.2 Å². The molecule has 2 unspecified atom stereocenters. The average Bonchev–Trinajstić information content (AvgIpc) is 3.91. The average molecular weight is 702 g/mol. The van der Waals surface area contributed by atoms with E-state index in [4.69, 9.17) is 10.1 Å². The molecule has 0 amide bonds. The van der Waals surface area contributed by atoms with Crippen molar-refractivity contribution in [3.63, 3.8) is 0 Å². The summed E-state index contributed by atoms with van der Waals surface area (Å²) in [5.41, 5.74) is 20.5. The number of thioether (sulfide) groups is 1. The maximum atomic E-state index is 13.0. The molecule has 1 fully saturated rings. The van der Waals surface area contributed by atoms with E-state index >= 15 is 0 Å². The van der Waals surface area contributed by atoms with Crippen molar-refractivity contribution >= 4 is 23.2 Å². The standard InChI is InChI=1S/C33H39N5S.C11H13F/c1-6-8-24-18-28(39-29(24)19-34-5)32-30-22(4)38-16-7-9-27(38)33(30)35-25(31(32)26-17-21(3)36-37-26)15-14-23-12-10-20(2)11-13-23;1-8-6-10(12)7-9-4-2-3-5-11(8)9/h6,8,10-13,27-28,34,36H,3-4,7,9,14-19H2,1-2,5H3;6-7H,2-5H2,1H3/b8-6-;. The van der Waals surface area contributed by atoms with Gasteiger partial charge in [0.2, 0.25) is 0 Å². The van der Waals surface area contributed by atoms with Gasteiger partial charge in [-0.25, -0.2) is 4.39 Å². The Balaban J connectivity index is 0.000000285. The minimum atomic E-state index is -0.0758. The zero-order chi connectivity index (χ0) is 35.6. The summed E-state index contributed by atoms with van der Waals surface area (Å²) in [6.45, 7) is 17.1. The zero-order valence-corrected chi connectivity index (χ0v) is 31.6. The summed E-state index contributed by atoms with van der Waals surface area (Å²) in [4.78, 5) is 9.44. The number of allylic oxidation sites excluding steroid dienone is 4. The first-order valence-corrected chi connectivity index (χ1v) is 19.7. The fraction of sp³-hybridized carbons (Fsp3) is 0.409. The van der Waals surface area contributed by atoms with Crippen LogP contribution < -0.4 is 10.7 Å². The summed E-state index contributed by atoms with van der Waals surface area (Å²) >= 11 is 2.01. The van der Waals surface area contributed by atoms with Gasteiger partial charge >= 0.3 is 0 Å². The molecule has 1 saturated heterocycles. The van der Waals surface area contributed by atoms with Gasteiger partial charge in [0.1, 0.15) is 5.82 Å². The van der Waals surface area contributed by atoms with E-state index in [1.165, 1.54) is 80.1 Å². The van der Waals surface area contributed by atoms with E-state index < -0.39 is 0 Å². The summed E-state index contributed by atoms with van der Waals surface area (Å²) < 4.78 is 13.0. The second-order valence-corrected chi connectivity index (χ2v) is 16.0. The Morgan fingerprint density at radius 2 is 1.86 bits per heavy atom. The molecule has 2 aromatic carbocycles. The number of nitrogens with zero attached hydrogens (tertiary/aromatic N) is 3. The van der Waals surface area contributed by atoms with Crippen LogP contribution in [0.1, 0.15) is 113 Å². The van der Waals surface area contributed by atoms with E-state index in [9.17, 15) is 4.39 Å². The van der Waals surface area contributed by atoms with Crippen LogP contribution >= 0.6 is 11.8 Å². The first-order valence-electron chi connectivity index (χ1n) is 18.8. The number of likely N-dealkylation sites (N-methyl/N-ethyl adjacent to an activating group) is 1. The Morgan fingerprint density at radius 1 is 1.06 bits per heavy atom. The van der Waals surface area contributed by atoms with Crippen molar-refractivity contribution in [2.45, 2.75) is 96.3 Å². The van der Waals surface area contributed by atoms with Gasteiger partial charge in [-0.15, -0.1) is 11.8 Å². The monoisotopic (exact) mass is 701 g/mol. The molecule has 7 heteroatoms. The number of hydrogen-bond acceptors (Lipinski definition) is 6. The van der Waals surface area contributed by atoms with Crippen LogP contribution in [-0.4, -0.2) is 35.7 Å². The third-order valence-corrected chi connectivity index (χ3v) is 12.4. The smallest absolute Gasteiger partial charge is 0.123 e. The molecule has 3 aromatic rings. The highest BCUT2D eigenvalue weighted by molar-refractivity contribution is 8.03. The topological polar surface area (TPSA) is 52.6 Å². The van der Waals surface area contributed by atoms with Crippen LogP contribution in [0.25, 0.3) is 5.70 Å². The summed E-state index contributed by atoms with van der Waals surface area (Å²) in [5, 5.41) is 8.51. The van der Waals surface area contributed by atoms with Gasteiger partial charge in [0.15, 0.2) is 0 Å². The van der Waals surface area contributed by atoms with Crippen molar-refractivity contribution in [1.82, 2.24) is 20.6 Å². The predicted molar refractivity (Wildman–Crippen MR) is 212 cm³/mol. The number of pyridine rings is 1. The molecular weight excluding hydrogens is 650 g/mol. The van der Waals surface area contributed by atoms with Gasteiger partial charge in [0.05, 0.1) is 23.1 Å². The lowest BCUT2D eigenvalue weighted by Gasteiger charge is -2.23. The molecule has 0 saturated carbocycles. The van der Waals surface area contributed by atoms with Crippen LogP contribution in [0.5, 0.6) is 0 Å². The highest BCUT2D eigenvalue weighted by Gasteiger charge is 2.43. The minimum Gasteiger partial charge on any atom is -0.363 e. The van der Waals surface area contributed by atoms with Crippen molar-refractivity contribution in [2.75, 3.05) is 20.1 Å². The van der Waals surface area contributed by atoms with E-state index in [-0.39, 0.29) is 5.82 Å². The summed E-state index contributed by atoms with van der Waals surface area (Å²) in [6, 6.07) is 12.6. The van der Waals surface area contributed by atoms with Crippen molar-refractivity contribution in [3.05, 3.63) is 140 Å². The second-order valence-electron chi connectivity index (χ2n) is 14.7. The molecule has 8 rings (SSSR count). The lowest BCUT2D eigenvalue weighted by molar-refractivity contribution is 0.396. The predicted octanol–water partition coefficient (Wildman–Crippen LogP) is 9.75. The first-order chi connectivity index (χ1) is 24.7. The van der Waals surface area contributed by atoms with E-state index in [1.807, 2.05) is 25.7 Å². The Morgan fingerprint density at radius 3 is 2.61 bits per heavy atom. The maximum absolute atomic E-state index is 13.0. The maximum Gasteiger partial charge on any atom is 0.123 e. The van der Waals surface area contributed by atoms with Crippen LogP contribution in [0, 0.1) is 19.7 Å². The first kappa shape index (κ1) is 35.5. The third kappa shape index (κ3) is 7.25. The molecule has 2 atom stereocenters. The fourth-order valence-electron chi connectivity index (χ4n) is 8.63. The SMILES string of the molecule is C=C1CC(c2c(CCc3ccc(C)cc3)nc3c(c2C2CC(/C=C\C)=C(CNC)S2)C(=C)N2CCCC32)=NN1.Cc1cc(F)cc2c1CCCC2. The zero-order valence-electron chi connectivity index (χ0n) is 30.8. The Hall–Kier alpha value is -3.94. The van der Waals surface area contributed by atoms with E-state index in [2.05, 4.69) is 79.1 Å². The number of benzene rings is 2. The number of aromatic nitrogens is 1. The van der Waals surface area contributed by atoms with Crippen LogP contribution in [0.2, 0.25) is 0 Å². The van der Waals surface area contributed by atoms with Crippen LogP contribution in [0.15, 0.2) is 83.0 Å². The van der Waals surface area contributed by atoms with Crippen LogP contribution in [0.3, 0.4) is 0 Å². The number of fused-ring (bicyclic) bond motifs is 4. The molecule has 1 aliphatic carbocycles. The number of hydrazone groups is 1. The number of hydrogen-bond donors (Lipinski definition) is 2. The lowest BCUT2D eigenvalue weighted by Crippen LogP contribution is -2.16. The van der Waals surface area contributed by atoms with Crippen molar-refractivity contribution in [3.8, 4) is 0 Å². The molecule has 1 aromatic heterocycles.